The van der Waals surface area contributed by atoms with Gasteiger partial charge in [-0.3, -0.25) is 0 Å². The van der Waals surface area contributed by atoms with Crippen LogP contribution in [-0.4, -0.2) is 7.05 Å². The lowest BCUT2D eigenvalue weighted by atomic mass is 10.0. The van der Waals surface area contributed by atoms with E-state index < -0.39 is 0 Å². The van der Waals surface area contributed by atoms with Gasteiger partial charge >= 0.3 is 0 Å². The summed E-state index contributed by atoms with van der Waals surface area (Å²) in [5.74, 6) is 0. The monoisotopic (exact) mass is 319 g/mol. The van der Waals surface area contributed by atoms with E-state index in [1.807, 2.05) is 25.4 Å². The highest BCUT2D eigenvalue weighted by Crippen LogP contribution is 2.38. The van der Waals surface area contributed by atoms with Crippen molar-refractivity contribution in [3.05, 3.63) is 54.7 Å². The van der Waals surface area contributed by atoms with Crippen molar-refractivity contribution in [1.29, 1.82) is 0 Å². The molecule has 5 heteroatoms. The molecule has 0 aliphatic heterocycles. The summed E-state index contributed by atoms with van der Waals surface area (Å²) in [6, 6.07) is 5.41. The fraction of sp³-hybridized carbons (Fsp3) is 0.231. The van der Waals surface area contributed by atoms with Gasteiger partial charge in [0.1, 0.15) is 0 Å². The lowest BCUT2D eigenvalue weighted by molar-refractivity contribution is 0.704. The molecule has 0 bridgehead atoms. The molecule has 0 radical (unpaired) electrons. The Morgan fingerprint density at radius 2 is 1.94 bits per heavy atom. The summed E-state index contributed by atoms with van der Waals surface area (Å²) in [6.07, 6.45) is 0. The third-order valence-corrected chi connectivity index (χ3v) is 5.10. The van der Waals surface area contributed by atoms with Crippen molar-refractivity contribution in [3.63, 3.8) is 0 Å². The van der Waals surface area contributed by atoms with E-state index in [9.17, 15) is 0 Å². The van der Waals surface area contributed by atoms with Crippen molar-refractivity contribution in [2.75, 3.05) is 7.05 Å². The van der Waals surface area contributed by atoms with E-state index >= 15 is 0 Å². The molecule has 1 heterocycles. The van der Waals surface area contributed by atoms with Gasteiger partial charge < -0.3 is 5.32 Å². The average molecular weight is 321 g/mol. The molecule has 1 aromatic heterocycles. The molecule has 2 rings (SSSR count). The summed E-state index contributed by atoms with van der Waals surface area (Å²) < 4.78 is 0. The minimum absolute atomic E-state index is 0.0394. The van der Waals surface area contributed by atoms with Gasteiger partial charge in [0.05, 0.1) is 11.1 Å². The Labute approximate surface area is 126 Å². The van der Waals surface area contributed by atoms with Crippen LogP contribution in [0.2, 0.25) is 15.1 Å². The number of nitrogens with one attached hydrogen (secondary N) is 1. The molecule has 1 atom stereocenters. The number of benzene rings is 1. The van der Waals surface area contributed by atoms with Crippen molar-refractivity contribution in [2.45, 2.75) is 13.0 Å². The van der Waals surface area contributed by atoms with Crippen molar-refractivity contribution in [3.8, 4) is 0 Å². The summed E-state index contributed by atoms with van der Waals surface area (Å²) in [4.78, 5) is 1.06. The topological polar surface area (TPSA) is 12.0 Å². The van der Waals surface area contributed by atoms with E-state index in [4.69, 9.17) is 34.8 Å². The van der Waals surface area contributed by atoms with Crippen molar-refractivity contribution in [2.24, 2.45) is 0 Å². The number of aryl methyl sites for hydroxylation is 1. The van der Waals surface area contributed by atoms with Crippen LogP contribution in [0.3, 0.4) is 0 Å². The van der Waals surface area contributed by atoms with Gasteiger partial charge in [0.15, 0.2) is 0 Å². The normalized spacial score (nSPS) is 12.7. The second-order valence-corrected chi connectivity index (χ2v) is 6.12. The molecule has 1 unspecified atom stereocenters. The Bertz CT molecular complexity index is 565. The average Bonchev–Trinajstić information content (AvgIpc) is 2.67. The highest BCUT2D eigenvalue weighted by Gasteiger charge is 2.20. The first kappa shape index (κ1) is 14.2. The van der Waals surface area contributed by atoms with E-state index in [-0.39, 0.29) is 6.04 Å². The molecular formula is C13H12Cl3NS. The Kier molecular flexibility index (Phi) is 4.57. The van der Waals surface area contributed by atoms with Gasteiger partial charge in [0.2, 0.25) is 0 Å². The summed E-state index contributed by atoms with van der Waals surface area (Å²) in [5.41, 5.74) is 2.02. The standard InChI is InChI=1S/C13H12Cl3NS/c1-7-6-18-13(11(7)16)12(17-2)9-5-8(14)3-4-10(9)15/h3-6,12,17H,1-2H3. The van der Waals surface area contributed by atoms with E-state index in [0.29, 0.717) is 10.0 Å². The first-order valence-electron chi connectivity index (χ1n) is 5.40. The van der Waals surface area contributed by atoms with Gasteiger partial charge in [-0.1, -0.05) is 34.8 Å². The Hall–Kier alpha value is -0.250. The lowest BCUT2D eigenvalue weighted by Crippen LogP contribution is -2.17. The Morgan fingerprint density at radius 3 is 2.50 bits per heavy atom. The molecule has 1 nitrogen and oxygen atoms in total. The molecule has 18 heavy (non-hydrogen) atoms. The van der Waals surface area contributed by atoms with Gasteiger partial charge in [0, 0.05) is 14.9 Å². The van der Waals surface area contributed by atoms with E-state index in [1.165, 1.54) is 0 Å². The molecule has 0 aliphatic rings. The molecule has 96 valence electrons. The summed E-state index contributed by atoms with van der Waals surface area (Å²) in [7, 11) is 1.88. The number of thiophene rings is 1. The van der Waals surface area contributed by atoms with E-state index in [2.05, 4.69) is 5.32 Å². The molecule has 0 saturated heterocycles. The SMILES string of the molecule is CNC(c1cc(Cl)ccc1Cl)c1scc(C)c1Cl. The largest absolute Gasteiger partial charge is 0.309 e. The van der Waals surface area contributed by atoms with Crippen LogP contribution in [0.1, 0.15) is 22.0 Å². The third kappa shape index (κ3) is 2.68. The Morgan fingerprint density at radius 1 is 1.22 bits per heavy atom. The highest BCUT2D eigenvalue weighted by atomic mass is 35.5. The minimum atomic E-state index is -0.0394. The van der Waals surface area contributed by atoms with Crippen molar-refractivity contribution in [1.82, 2.24) is 5.32 Å². The molecule has 0 amide bonds. The van der Waals surface area contributed by atoms with E-state index in [1.54, 1.807) is 23.5 Å². The molecule has 0 spiro atoms. The molecule has 0 fully saturated rings. The van der Waals surface area contributed by atoms with Crippen molar-refractivity contribution >= 4 is 46.1 Å². The van der Waals surface area contributed by atoms with Crippen LogP contribution in [0.5, 0.6) is 0 Å². The maximum Gasteiger partial charge on any atom is 0.0698 e. The number of halogens is 3. The van der Waals surface area contributed by atoms with E-state index in [0.717, 1.165) is 21.0 Å². The van der Waals surface area contributed by atoms with Crippen LogP contribution >= 0.6 is 46.1 Å². The van der Waals surface area contributed by atoms with Crippen molar-refractivity contribution < 1.29 is 0 Å². The summed E-state index contributed by atoms with van der Waals surface area (Å²) in [6.45, 7) is 1.99. The van der Waals surface area contributed by atoms with Gasteiger partial charge in [-0.2, -0.15) is 0 Å². The van der Waals surface area contributed by atoms with Crippen LogP contribution in [-0.2, 0) is 0 Å². The molecule has 0 saturated carbocycles. The zero-order valence-corrected chi connectivity index (χ0v) is 13.0. The predicted octanol–water partition coefficient (Wildman–Crippen LogP) is 5.33. The quantitative estimate of drug-likeness (QED) is 0.806. The molecular weight excluding hydrogens is 309 g/mol. The van der Waals surface area contributed by atoms with Crippen LogP contribution in [0, 0.1) is 6.92 Å². The second-order valence-electron chi connectivity index (χ2n) is 3.98. The third-order valence-electron chi connectivity index (χ3n) is 2.75. The van der Waals surface area contributed by atoms with Crippen LogP contribution in [0.25, 0.3) is 0 Å². The van der Waals surface area contributed by atoms with Gasteiger partial charge in [-0.15, -0.1) is 11.3 Å². The first-order valence-corrected chi connectivity index (χ1v) is 7.41. The maximum absolute atomic E-state index is 6.32. The number of rotatable bonds is 3. The summed E-state index contributed by atoms with van der Waals surface area (Å²) >= 11 is 20.2. The van der Waals surface area contributed by atoms with Gasteiger partial charge in [-0.05, 0) is 48.7 Å². The van der Waals surface area contributed by atoms with Gasteiger partial charge in [0.25, 0.3) is 0 Å². The smallest absolute Gasteiger partial charge is 0.0698 e. The zero-order valence-electron chi connectivity index (χ0n) is 9.93. The van der Waals surface area contributed by atoms with Gasteiger partial charge in [-0.25, -0.2) is 0 Å². The van der Waals surface area contributed by atoms with Crippen LogP contribution in [0.4, 0.5) is 0 Å². The van der Waals surface area contributed by atoms with Crippen LogP contribution in [0.15, 0.2) is 23.6 Å². The highest BCUT2D eigenvalue weighted by molar-refractivity contribution is 7.10. The second kappa shape index (κ2) is 5.81. The molecule has 2 aromatic rings. The summed E-state index contributed by atoms with van der Waals surface area (Å²) in [5, 5.41) is 7.42. The number of hydrogen-bond acceptors (Lipinski definition) is 2. The van der Waals surface area contributed by atoms with Crippen LogP contribution < -0.4 is 5.32 Å². The lowest BCUT2D eigenvalue weighted by Gasteiger charge is -2.17. The first-order chi connectivity index (χ1) is 8.54. The maximum atomic E-state index is 6.32. The molecule has 1 aromatic carbocycles. The number of hydrogen-bond donors (Lipinski definition) is 1. The molecule has 1 N–H and O–H groups in total. The predicted molar refractivity (Wildman–Crippen MR) is 81.4 cm³/mol. The molecule has 0 aliphatic carbocycles. The minimum Gasteiger partial charge on any atom is -0.309 e. The zero-order chi connectivity index (χ0) is 13.3. The fourth-order valence-corrected chi connectivity index (χ4v) is 3.64. The fourth-order valence-electron chi connectivity index (χ4n) is 1.81. The Balaban J connectivity index is 2.51.